The molecule has 13 heteroatoms. The molecule has 41 heavy (non-hydrogen) atoms. The van der Waals surface area contributed by atoms with Crippen molar-refractivity contribution in [1.29, 1.82) is 0 Å². The van der Waals surface area contributed by atoms with Crippen LogP contribution in [0.2, 0.25) is 0 Å². The fraction of sp³-hybridized carbons (Fsp3) is 0.607. The van der Waals surface area contributed by atoms with Crippen LogP contribution >= 0.6 is 0 Å². The van der Waals surface area contributed by atoms with Gasteiger partial charge >= 0.3 is 18.2 Å². The van der Waals surface area contributed by atoms with Crippen LogP contribution in [0.15, 0.2) is 24.8 Å². The van der Waals surface area contributed by atoms with E-state index in [1.54, 1.807) is 54.5 Å². The number of carbonyl (C=O) groups is 3. The monoisotopic (exact) mass is 577 g/mol. The van der Waals surface area contributed by atoms with Gasteiger partial charge in [0.15, 0.2) is 5.82 Å². The maximum Gasteiger partial charge on any atom is 0.425 e. The summed E-state index contributed by atoms with van der Waals surface area (Å²) in [5.41, 5.74) is -0.813. The predicted octanol–water partition coefficient (Wildman–Crippen LogP) is 4.62. The van der Waals surface area contributed by atoms with Crippen molar-refractivity contribution in [2.45, 2.75) is 112 Å². The minimum Gasteiger partial charge on any atom is -0.460 e. The third-order valence-corrected chi connectivity index (χ3v) is 4.40. The average Bonchev–Trinajstić information content (AvgIpc) is 2.76. The van der Waals surface area contributed by atoms with E-state index in [0.717, 1.165) is 6.33 Å². The van der Waals surface area contributed by atoms with E-state index in [-0.39, 0.29) is 23.9 Å². The Kier molecular flexibility index (Phi) is 12.3. The Morgan fingerprint density at radius 3 is 1.54 bits per heavy atom. The van der Waals surface area contributed by atoms with E-state index in [4.69, 9.17) is 14.2 Å². The molecule has 2 heterocycles. The van der Waals surface area contributed by atoms with E-state index >= 15 is 0 Å². The van der Waals surface area contributed by atoms with Crippen LogP contribution in [-0.2, 0) is 25.4 Å². The van der Waals surface area contributed by atoms with Gasteiger partial charge < -0.3 is 24.4 Å². The molecule has 0 aliphatic carbocycles. The largest absolute Gasteiger partial charge is 0.460 e. The fourth-order valence-electron chi connectivity index (χ4n) is 2.85. The van der Waals surface area contributed by atoms with Gasteiger partial charge in [-0.3, -0.25) is 4.79 Å². The van der Waals surface area contributed by atoms with Crippen molar-refractivity contribution < 1.29 is 38.8 Å². The normalized spacial score (nSPS) is 13.2. The highest BCUT2D eigenvalue weighted by atomic mass is 16.6. The zero-order valence-corrected chi connectivity index (χ0v) is 25.8. The molecule has 2 unspecified atom stereocenters. The molecule has 0 aliphatic rings. The molecular weight excluding hydrogens is 534 g/mol. The van der Waals surface area contributed by atoms with Crippen molar-refractivity contribution in [1.82, 2.24) is 19.9 Å². The first-order valence-corrected chi connectivity index (χ1v) is 13.0. The third-order valence-electron chi connectivity index (χ3n) is 4.40. The summed E-state index contributed by atoms with van der Waals surface area (Å²) >= 11 is 0. The second-order valence-electron chi connectivity index (χ2n) is 12.1. The number of hydrogen-bond donors (Lipinski definition) is 2. The van der Waals surface area contributed by atoms with Crippen LogP contribution in [0, 0.1) is 0 Å². The summed E-state index contributed by atoms with van der Waals surface area (Å²) in [6.45, 7) is 18.6. The van der Waals surface area contributed by atoms with Gasteiger partial charge in [-0.25, -0.2) is 29.5 Å². The smallest absolute Gasteiger partial charge is 0.425 e. The fourth-order valence-corrected chi connectivity index (χ4v) is 2.85. The Balaban J connectivity index is 0.000000435. The summed E-state index contributed by atoms with van der Waals surface area (Å²) in [5.74, 6) is -0.378. The van der Waals surface area contributed by atoms with Gasteiger partial charge in [0.25, 0.3) is 0 Å². The molecule has 2 aromatic rings. The van der Waals surface area contributed by atoms with Crippen LogP contribution in [0.5, 0.6) is 0 Å². The van der Waals surface area contributed by atoms with Crippen molar-refractivity contribution in [3.63, 3.8) is 0 Å². The number of esters is 1. The molecule has 0 spiro atoms. The molecule has 0 saturated carbocycles. The first kappa shape index (κ1) is 35.3. The Morgan fingerprint density at radius 1 is 0.707 bits per heavy atom. The molecule has 2 aromatic heterocycles. The van der Waals surface area contributed by atoms with Crippen molar-refractivity contribution >= 4 is 24.0 Å². The van der Waals surface area contributed by atoms with Crippen molar-refractivity contribution in [3.8, 4) is 0 Å². The van der Waals surface area contributed by atoms with Crippen LogP contribution in [-0.4, -0.2) is 65.1 Å². The van der Waals surface area contributed by atoms with E-state index in [0.29, 0.717) is 16.3 Å². The number of carbonyl (C=O) groups excluding carboxylic acids is 3. The quantitative estimate of drug-likeness (QED) is 0.373. The molecule has 0 aromatic carbocycles. The lowest BCUT2D eigenvalue weighted by Crippen LogP contribution is -2.44. The molecule has 0 radical (unpaired) electrons. The lowest BCUT2D eigenvalue weighted by molar-refractivity contribution is -0.154. The van der Waals surface area contributed by atoms with Gasteiger partial charge in [0, 0.05) is 6.07 Å². The van der Waals surface area contributed by atoms with E-state index < -0.39 is 41.2 Å². The summed E-state index contributed by atoms with van der Waals surface area (Å²) in [4.78, 5) is 52.8. The number of rotatable bonds is 5. The zero-order valence-electron chi connectivity index (χ0n) is 25.8. The maximum absolute atomic E-state index is 12.4. The molecule has 2 N–H and O–H groups in total. The Bertz CT molecular complexity index is 1150. The van der Waals surface area contributed by atoms with Crippen LogP contribution in [0.25, 0.3) is 0 Å². The minimum absolute atomic E-state index is 0.0376. The van der Waals surface area contributed by atoms with E-state index in [1.165, 1.54) is 19.3 Å². The molecule has 2 amide bonds. The number of nitrogens with zero attached hydrogens (tertiary/aromatic N) is 5. The Hall–Kier alpha value is -3.71. The van der Waals surface area contributed by atoms with E-state index in [2.05, 4.69) is 19.9 Å². The first-order chi connectivity index (χ1) is 18.6. The number of aliphatic hydroxyl groups is 2. The topological polar surface area (TPSA) is 174 Å². The first-order valence-electron chi connectivity index (χ1n) is 13.0. The number of aliphatic hydroxyl groups excluding tert-OH is 2. The highest BCUT2D eigenvalue weighted by molar-refractivity contribution is 6.08. The van der Waals surface area contributed by atoms with Crippen LogP contribution in [0.1, 0.15) is 105 Å². The molecular formula is C28H43N5O8. The maximum atomic E-state index is 12.4. The predicted molar refractivity (Wildman–Crippen MR) is 150 cm³/mol. The van der Waals surface area contributed by atoms with Gasteiger partial charge in [-0.2, -0.15) is 4.90 Å². The standard InChI is InChI=1S/C16H25N3O5.C12H18N2O3/c1-10(20)11-8-12(18-9-17-11)19(13(21)23-15(2,3)4)14(22)24-16(5,6)7;1-8(15)10-5-9(13-7-14-10)6-11(16)17-12(2,3)4/h8-10,20H,1-7H3;5,7-8,15H,6H2,1-4H3. The van der Waals surface area contributed by atoms with Gasteiger partial charge in [0.05, 0.1) is 35.7 Å². The summed E-state index contributed by atoms with van der Waals surface area (Å²) in [6.07, 6.45) is -0.833. The van der Waals surface area contributed by atoms with Crippen molar-refractivity contribution in [3.05, 3.63) is 41.9 Å². The zero-order chi connectivity index (χ0) is 31.8. The van der Waals surface area contributed by atoms with Crippen molar-refractivity contribution in [2.24, 2.45) is 0 Å². The number of imide groups is 1. The third kappa shape index (κ3) is 14.0. The van der Waals surface area contributed by atoms with Crippen LogP contribution in [0.4, 0.5) is 15.4 Å². The molecule has 0 saturated heterocycles. The van der Waals surface area contributed by atoms with Gasteiger partial charge in [0.1, 0.15) is 29.5 Å². The minimum atomic E-state index is -0.924. The van der Waals surface area contributed by atoms with Gasteiger partial charge in [0.2, 0.25) is 0 Å². The Morgan fingerprint density at radius 2 is 1.12 bits per heavy atom. The molecule has 0 fully saturated rings. The van der Waals surface area contributed by atoms with Gasteiger partial charge in [-0.15, -0.1) is 0 Å². The number of amides is 2. The van der Waals surface area contributed by atoms with Gasteiger partial charge in [-0.05, 0) is 82.2 Å². The molecule has 228 valence electrons. The number of hydrogen-bond acceptors (Lipinski definition) is 12. The lowest BCUT2D eigenvalue weighted by Gasteiger charge is -2.28. The highest BCUT2D eigenvalue weighted by Crippen LogP contribution is 2.22. The number of ether oxygens (including phenoxy) is 3. The summed E-state index contributed by atoms with van der Waals surface area (Å²) in [6, 6.07) is 2.94. The van der Waals surface area contributed by atoms with Gasteiger partial charge in [-0.1, -0.05) is 0 Å². The van der Waals surface area contributed by atoms with E-state index in [1.807, 2.05) is 20.8 Å². The summed E-state index contributed by atoms with van der Waals surface area (Å²) < 4.78 is 15.7. The second-order valence-corrected chi connectivity index (χ2v) is 12.1. The molecule has 13 nitrogen and oxygen atoms in total. The molecule has 2 rings (SSSR count). The van der Waals surface area contributed by atoms with E-state index in [9.17, 15) is 24.6 Å². The number of aromatic nitrogens is 4. The van der Waals surface area contributed by atoms with Crippen LogP contribution in [0.3, 0.4) is 0 Å². The number of anilines is 1. The summed E-state index contributed by atoms with van der Waals surface area (Å²) in [7, 11) is 0. The average molecular weight is 578 g/mol. The molecule has 0 aliphatic heterocycles. The highest BCUT2D eigenvalue weighted by Gasteiger charge is 2.34. The lowest BCUT2D eigenvalue weighted by atomic mass is 10.2. The SMILES string of the molecule is CC(O)c1cc(CC(=O)OC(C)(C)C)ncn1.CC(O)c1cc(N(C(=O)OC(C)(C)C)C(=O)OC(C)(C)C)ncn1. The summed E-state index contributed by atoms with van der Waals surface area (Å²) in [5, 5.41) is 19.0. The Labute approximate surface area is 241 Å². The second kappa shape index (κ2) is 14.3. The molecule has 2 atom stereocenters. The van der Waals surface area contributed by atoms with Crippen molar-refractivity contribution in [2.75, 3.05) is 4.90 Å². The molecule has 0 bridgehead atoms. The van der Waals surface area contributed by atoms with Crippen LogP contribution < -0.4 is 4.90 Å².